The third-order valence-corrected chi connectivity index (χ3v) is 5.95. The molecule has 0 N–H and O–H groups in total. The van der Waals surface area contributed by atoms with Gasteiger partial charge in [0.15, 0.2) is 5.82 Å². The summed E-state index contributed by atoms with van der Waals surface area (Å²) in [5.74, 6) is 2.43. The number of amides is 1. The van der Waals surface area contributed by atoms with Crippen LogP contribution in [0.15, 0.2) is 41.8 Å². The van der Waals surface area contributed by atoms with Crippen LogP contribution in [0.5, 0.6) is 0 Å². The average Bonchev–Trinajstić information content (AvgIpc) is 3.31. The van der Waals surface area contributed by atoms with Gasteiger partial charge in [0.1, 0.15) is 5.82 Å². The molecule has 3 aromatic rings. The summed E-state index contributed by atoms with van der Waals surface area (Å²) in [7, 11) is 0. The third kappa shape index (κ3) is 3.54. The summed E-state index contributed by atoms with van der Waals surface area (Å²) < 4.78 is 2.21. The number of benzene rings is 1. The van der Waals surface area contributed by atoms with Gasteiger partial charge in [-0.3, -0.25) is 4.79 Å². The molecular formula is C21H24N4OS. The van der Waals surface area contributed by atoms with E-state index >= 15 is 0 Å². The second kappa shape index (κ2) is 7.27. The Labute approximate surface area is 163 Å². The van der Waals surface area contributed by atoms with Gasteiger partial charge in [0.25, 0.3) is 5.91 Å². The van der Waals surface area contributed by atoms with Gasteiger partial charge in [0, 0.05) is 17.0 Å². The summed E-state index contributed by atoms with van der Waals surface area (Å²) in [5.41, 5.74) is 1.87. The van der Waals surface area contributed by atoms with Crippen LogP contribution in [0.2, 0.25) is 0 Å². The molecule has 0 radical (unpaired) electrons. The standard InChI is InChI=1S/C21H24N4OS/c1-14(2)11-18-12-24(13-20-23-22-15(3)25(18)20)21(26)17-8-6-16(7-9-17)19-5-4-10-27-19/h4-10,14,18H,11-13H2,1-3H3/t18-/m0/s1. The van der Waals surface area contributed by atoms with E-state index in [0.717, 1.165) is 29.2 Å². The van der Waals surface area contributed by atoms with Crippen molar-refractivity contribution in [2.45, 2.75) is 39.8 Å². The number of aryl methyl sites for hydroxylation is 1. The Morgan fingerprint density at radius 2 is 2.00 bits per heavy atom. The first-order valence-electron chi connectivity index (χ1n) is 9.36. The van der Waals surface area contributed by atoms with Crippen LogP contribution >= 0.6 is 11.3 Å². The average molecular weight is 381 g/mol. The lowest BCUT2D eigenvalue weighted by atomic mass is 10.0. The minimum Gasteiger partial charge on any atom is -0.329 e. The Morgan fingerprint density at radius 3 is 2.67 bits per heavy atom. The highest BCUT2D eigenvalue weighted by Crippen LogP contribution is 2.29. The second-order valence-corrected chi connectivity index (χ2v) is 8.50. The van der Waals surface area contributed by atoms with Gasteiger partial charge >= 0.3 is 0 Å². The van der Waals surface area contributed by atoms with E-state index in [1.165, 1.54) is 4.88 Å². The zero-order valence-corrected chi connectivity index (χ0v) is 16.7. The normalized spacial score (nSPS) is 16.6. The highest BCUT2D eigenvalue weighted by molar-refractivity contribution is 7.13. The number of hydrogen-bond donors (Lipinski definition) is 0. The van der Waals surface area contributed by atoms with Crippen LogP contribution in [0.25, 0.3) is 10.4 Å². The fourth-order valence-electron chi connectivity index (χ4n) is 3.85. The lowest BCUT2D eigenvalue weighted by Gasteiger charge is -2.35. The molecular weight excluding hydrogens is 356 g/mol. The van der Waals surface area contributed by atoms with E-state index in [1.54, 1.807) is 11.3 Å². The largest absolute Gasteiger partial charge is 0.329 e. The Bertz CT molecular complexity index is 928. The lowest BCUT2D eigenvalue weighted by Crippen LogP contribution is -2.42. The topological polar surface area (TPSA) is 51.0 Å². The molecule has 4 rings (SSSR count). The number of nitrogens with zero attached hydrogens (tertiary/aromatic N) is 4. The third-order valence-electron chi connectivity index (χ3n) is 5.03. The summed E-state index contributed by atoms with van der Waals surface area (Å²) in [6.45, 7) is 7.63. The quantitative estimate of drug-likeness (QED) is 0.667. The first kappa shape index (κ1) is 17.9. The Balaban J connectivity index is 1.57. The Kier molecular flexibility index (Phi) is 4.83. The van der Waals surface area contributed by atoms with Gasteiger partial charge in [-0.15, -0.1) is 21.5 Å². The molecule has 1 aliphatic heterocycles. The van der Waals surface area contributed by atoms with Gasteiger partial charge in [0.05, 0.1) is 12.6 Å². The number of aromatic nitrogens is 3. The number of carbonyl (C=O) groups excluding carboxylic acids is 1. The molecule has 1 amide bonds. The molecule has 6 heteroatoms. The Morgan fingerprint density at radius 1 is 1.22 bits per heavy atom. The first-order valence-corrected chi connectivity index (χ1v) is 10.2. The highest BCUT2D eigenvalue weighted by atomic mass is 32.1. The van der Waals surface area contributed by atoms with Crippen LogP contribution in [0.4, 0.5) is 0 Å². The van der Waals surface area contributed by atoms with E-state index in [9.17, 15) is 4.79 Å². The van der Waals surface area contributed by atoms with Crippen molar-refractivity contribution in [1.29, 1.82) is 0 Å². The summed E-state index contributed by atoms with van der Waals surface area (Å²) in [4.78, 5) is 16.2. The van der Waals surface area contributed by atoms with Gasteiger partial charge in [-0.25, -0.2) is 0 Å². The minimum absolute atomic E-state index is 0.0633. The number of hydrogen-bond acceptors (Lipinski definition) is 4. The minimum atomic E-state index is 0.0633. The molecule has 0 saturated heterocycles. The number of thiophene rings is 1. The van der Waals surface area contributed by atoms with E-state index in [-0.39, 0.29) is 11.9 Å². The summed E-state index contributed by atoms with van der Waals surface area (Å²) in [6, 6.07) is 12.3. The van der Waals surface area contributed by atoms with Crippen LogP contribution in [0.3, 0.4) is 0 Å². The highest BCUT2D eigenvalue weighted by Gasteiger charge is 2.31. The molecule has 0 spiro atoms. The number of carbonyl (C=O) groups is 1. The van der Waals surface area contributed by atoms with Crippen LogP contribution in [-0.4, -0.2) is 32.1 Å². The van der Waals surface area contributed by atoms with E-state index in [1.807, 2.05) is 42.2 Å². The molecule has 0 unspecified atom stereocenters. The van der Waals surface area contributed by atoms with Crippen LogP contribution in [0, 0.1) is 12.8 Å². The van der Waals surface area contributed by atoms with E-state index in [2.05, 4.69) is 40.1 Å². The van der Waals surface area contributed by atoms with E-state index in [0.29, 0.717) is 19.0 Å². The summed E-state index contributed by atoms with van der Waals surface area (Å²) in [5, 5.41) is 10.6. The van der Waals surface area contributed by atoms with Crippen molar-refractivity contribution in [3.63, 3.8) is 0 Å². The molecule has 0 aliphatic carbocycles. The smallest absolute Gasteiger partial charge is 0.254 e. The van der Waals surface area contributed by atoms with Gasteiger partial charge in [-0.05, 0) is 48.4 Å². The molecule has 3 heterocycles. The van der Waals surface area contributed by atoms with Gasteiger partial charge < -0.3 is 9.47 Å². The summed E-state index contributed by atoms with van der Waals surface area (Å²) in [6.07, 6.45) is 1.01. The van der Waals surface area contributed by atoms with Crippen molar-refractivity contribution >= 4 is 17.2 Å². The van der Waals surface area contributed by atoms with Crippen LogP contribution < -0.4 is 0 Å². The molecule has 2 aromatic heterocycles. The second-order valence-electron chi connectivity index (χ2n) is 7.56. The van der Waals surface area contributed by atoms with Crippen molar-refractivity contribution in [3.8, 4) is 10.4 Å². The van der Waals surface area contributed by atoms with E-state index < -0.39 is 0 Å². The zero-order valence-electron chi connectivity index (χ0n) is 15.9. The van der Waals surface area contributed by atoms with Crippen LogP contribution in [0.1, 0.15) is 48.3 Å². The maximum absolute atomic E-state index is 13.1. The van der Waals surface area contributed by atoms with Crippen molar-refractivity contribution < 1.29 is 4.79 Å². The van der Waals surface area contributed by atoms with Crippen molar-refractivity contribution in [3.05, 3.63) is 59.0 Å². The summed E-state index contributed by atoms with van der Waals surface area (Å²) >= 11 is 1.71. The van der Waals surface area contributed by atoms with Gasteiger partial charge in [-0.2, -0.15) is 0 Å². The molecule has 0 bridgehead atoms. The lowest BCUT2D eigenvalue weighted by molar-refractivity contribution is 0.0660. The van der Waals surface area contributed by atoms with Gasteiger partial charge in [0.2, 0.25) is 0 Å². The number of rotatable bonds is 4. The SMILES string of the molecule is Cc1nnc2n1[C@@H](CC(C)C)CN(C(=O)c1ccc(-c3cccs3)cc1)C2. The molecule has 1 aromatic carbocycles. The molecule has 5 nitrogen and oxygen atoms in total. The first-order chi connectivity index (χ1) is 13.0. The fourth-order valence-corrected chi connectivity index (χ4v) is 4.58. The predicted molar refractivity (Wildman–Crippen MR) is 108 cm³/mol. The molecule has 140 valence electrons. The maximum Gasteiger partial charge on any atom is 0.254 e. The predicted octanol–water partition coefficient (Wildman–Crippen LogP) is 4.56. The maximum atomic E-state index is 13.1. The monoisotopic (exact) mass is 380 g/mol. The van der Waals surface area contributed by atoms with Crippen molar-refractivity contribution in [2.75, 3.05) is 6.54 Å². The molecule has 27 heavy (non-hydrogen) atoms. The van der Waals surface area contributed by atoms with Crippen LogP contribution in [-0.2, 0) is 6.54 Å². The molecule has 1 atom stereocenters. The Hall–Kier alpha value is -2.47. The number of fused-ring (bicyclic) bond motifs is 1. The fraction of sp³-hybridized carbons (Fsp3) is 0.381. The van der Waals surface area contributed by atoms with Crippen molar-refractivity contribution in [2.24, 2.45) is 5.92 Å². The van der Waals surface area contributed by atoms with Crippen molar-refractivity contribution in [1.82, 2.24) is 19.7 Å². The van der Waals surface area contributed by atoms with Gasteiger partial charge in [-0.1, -0.05) is 32.0 Å². The molecule has 0 saturated carbocycles. The molecule has 1 aliphatic rings. The molecule has 0 fully saturated rings. The zero-order chi connectivity index (χ0) is 19.0. The van der Waals surface area contributed by atoms with E-state index in [4.69, 9.17) is 0 Å².